The minimum atomic E-state index is -4.43. The first-order valence-electron chi connectivity index (χ1n) is 8.04. The average Bonchev–Trinajstić information content (AvgIpc) is 3.02. The van der Waals surface area contributed by atoms with Gasteiger partial charge in [-0.15, -0.1) is 0 Å². The fourth-order valence-corrected chi connectivity index (χ4v) is 2.94. The number of hydrogen-bond acceptors (Lipinski definition) is 3. The molecule has 0 aliphatic carbocycles. The third-order valence-electron chi connectivity index (χ3n) is 3.91. The van der Waals surface area contributed by atoms with Crippen LogP contribution in [0.15, 0.2) is 30.9 Å². The van der Waals surface area contributed by atoms with Gasteiger partial charge in [0.05, 0.1) is 46.8 Å². The molecule has 3 aromatic rings. The van der Waals surface area contributed by atoms with Crippen LogP contribution in [0.2, 0.25) is 5.02 Å². The minimum absolute atomic E-state index is 0.108. The van der Waals surface area contributed by atoms with Gasteiger partial charge in [-0.3, -0.25) is 9.78 Å². The Morgan fingerprint density at radius 1 is 1.37 bits per heavy atom. The van der Waals surface area contributed by atoms with Crippen LogP contribution < -0.4 is 9.88 Å². The van der Waals surface area contributed by atoms with Gasteiger partial charge in [-0.05, 0) is 12.5 Å². The molecule has 0 bridgehead atoms. The first kappa shape index (κ1) is 19.1. The fourth-order valence-electron chi connectivity index (χ4n) is 2.68. The smallest absolute Gasteiger partial charge is 0.347 e. The van der Waals surface area contributed by atoms with Crippen molar-refractivity contribution in [2.24, 2.45) is 7.05 Å². The van der Waals surface area contributed by atoms with Gasteiger partial charge < -0.3 is 5.32 Å². The summed E-state index contributed by atoms with van der Waals surface area (Å²) in [6.45, 7) is -1.34. The molecule has 0 aliphatic heterocycles. The molecule has 2 N–H and O–H groups in total. The number of amides is 1. The maximum atomic E-state index is 12.1. The molecule has 0 radical (unpaired) electrons. The number of aryl methyl sites for hydroxylation is 2. The molecule has 142 valence electrons. The Kier molecular flexibility index (Phi) is 5.31. The van der Waals surface area contributed by atoms with E-state index < -0.39 is 18.6 Å². The lowest BCUT2D eigenvalue weighted by Gasteiger charge is -2.08. The van der Waals surface area contributed by atoms with Gasteiger partial charge >= 0.3 is 6.18 Å². The van der Waals surface area contributed by atoms with Crippen LogP contribution in [-0.4, -0.2) is 33.6 Å². The van der Waals surface area contributed by atoms with Crippen molar-refractivity contribution in [3.63, 3.8) is 0 Å². The molecule has 0 saturated heterocycles. The van der Waals surface area contributed by atoms with Gasteiger partial charge in [0.2, 0.25) is 5.91 Å². The van der Waals surface area contributed by atoms with E-state index in [1.54, 1.807) is 18.6 Å². The SMILES string of the molecule is C[n+]1cc(Cl)cc2c(-c3cncc(CCC(=O)NCC(F)(F)F)n3)c[nH]c21. The molecular formula is C17H16ClF3N5O+. The lowest BCUT2D eigenvalue weighted by atomic mass is 10.1. The van der Waals surface area contributed by atoms with Crippen LogP contribution in [0.4, 0.5) is 13.2 Å². The van der Waals surface area contributed by atoms with Gasteiger partial charge in [-0.1, -0.05) is 11.6 Å². The zero-order chi connectivity index (χ0) is 19.6. The van der Waals surface area contributed by atoms with Crippen molar-refractivity contribution in [2.45, 2.75) is 19.0 Å². The molecule has 3 rings (SSSR count). The summed E-state index contributed by atoms with van der Waals surface area (Å²) < 4.78 is 38.2. The van der Waals surface area contributed by atoms with Crippen LogP contribution in [-0.2, 0) is 18.3 Å². The van der Waals surface area contributed by atoms with E-state index in [0.29, 0.717) is 16.4 Å². The number of aromatic amines is 1. The second kappa shape index (κ2) is 7.51. The van der Waals surface area contributed by atoms with Crippen molar-refractivity contribution in [1.29, 1.82) is 0 Å². The van der Waals surface area contributed by atoms with Gasteiger partial charge in [-0.2, -0.15) is 13.2 Å². The first-order valence-corrected chi connectivity index (χ1v) is 8.42. The lowest BCUT2D eigenvalue weighted by Crippen LogP contribution is -2.33. The monoisotopic (exact) mass is 398 g/mol. The number of aromatic nitrogens is 4. The van der Waals surface area contributed by atoms with Crippen molar-refractivity contribution in [1.82, 2.24) is 20.3 Å². The van der Waals surface area contributed by atoms with E-state index in [0.717, 1.165) is 16.6 Å². The maximum Gasteiger partial charge on any atom is 0.405 e. The Labute approximate surface area is 157 Å². The summed E-state index contributed by atoms with van der Waals surface area (Å²) in [6.07, 6.45) is 2.27. The number of carbonyl (C=O) groups is 1. The number of carbonyl (C=O) groups excluding carboxylic acids is 1. The second-order valence-electron chi connectivity index (χ2n) is 6.02. The van der Waals surface area contributed by atoms with Gasteiger partial charge in [0.15, 0.2) is 0 Å². The van der Waals surface area contributed by atoms with E-state index in [9.17, 15) is 18.0 Å². The number of H-pyrrole nitrogens is 1. The number of nitrogens with one attached hydrogen (secondary N) is 2. The highest BCUT2D eigenvalue weighted by molar-refractivity contribution is 6.31. The summed E-state index contributed by atoms with van der Waals surface area (Å²) in [5.74, 6) is -0.689. The molecule has 3 aromatic heterocycles. The van der Waals surface area contributed by atoms with Gasteiger partial charge in [0.1, 0.15) is 12.7 Å². The number of fused-ring (bicyclic) bond motifs is 1. The van der Waals surface area contributed by atoms with Crippen LogP contribution in [0.3, 0.4) is 0 Å². The van der Waals surface area contributed by atoms with Crippen LogP contribution in [0.5, 0.6) is 0 Å². The van der Waals surface area contributed by atoms with Gasteiger partial charge in [0, 0.05) is 12.6 Å². The molecule has 0 aliphatic rings. The molecule has 0 atom stereocenters. The van der Waals surface area contributed by atoms with Crippen molar-refractivity contribution in [3.05, 3.63) is 41.6 Å². The molecule has 0 fully saturated rings. The topological polar surface area (TPSA) is 74.6 Å². The predicted molar refractivity (Wildman–Crippen MR) is 92.9 cm³/mol. The Morgan fingerprint density at radius 3 is 2.89 bits per heavy atom. The van der Waals surface area contributed by atoms with E-state index in [1.165, 1.54) is 6.20 Å². The standard InChI is InChI=1S/C17H15ClF3N5O/c1-26-8-10(18)4-12-13(6-23-16(12)26)14-7-22-5-11(25-14)2-3-15(27)24-9-17(19,20)21/h4-8H,2-3,9H2,1H3,(H,24,27)/p+1. The molecule has 6 nitrogen and oxygen atoms in total. The summed E-state index contributed by atoms with van der Waals surface area (Å²) in [4.78, 5) is 23.3. The third kappa shape index (κ3) is 4.73. The Hall–Kier alpha value is -2.68. The third-order valence-corrected chi connectivity index (χ3v) is 4.11. The molecule has 1 amide bonds. The highest BCUT2D eigenvalue weighted by atomic mass is 35.5. The Bertz CT molecular complexity index is 986. The molecule has 27 heavy (non-hydrogen) atoms. The summed E-state index contributed by atoms with van der Waals surface area (Å²) in [5.41, 5.74) is 2.74. The van der Waals surface area contributed by atoms with Crippen molar-refractivity contribution in [2.75, 3.05) is 6.54 Å². The van der Waals surface area contributed by atoms with Crippen LogP contribution in [0.1, 0.15) is 12.1 Å². The zero-order valence-corrected chi connectivity index (χ0v) is 15.0. The normalized spacial score (nSPS) is 11.7. The predicted octanol–water partition coefficient (Wildman–Crippen LogP) is 2.71. The molecule has 0 saturated carbocycles. The van der Waals surface area contributed by atoms with E-state index in [1.807, 2.05) is 23.0 Å². The Morgan fingerprint density at radius 2 is 2.15 bits per heavy atom. The number of nitrogens with zero attached hydrogens (tertiary/aromatic N) is 3. The van der Waals surface area contributed by atoms with Crippen molar-refractivity contribution >= 4 is 28.5 Å². The molecule has 0 unspecified atom stereocenters. The van der Waals surface area contributed by atoms with E-state index in [4.69, 9.17) is 11.6 Å². The van der Waals surface area contributed by atoms with E-state index >= 15 is 0 Å². The Balaban J connectivity index is 1.76. The van der Waals surface area contributed by atoms with E-state index in [-0.39, 0.29) is 12.8 Å². The largest absolute Gasteiger partial charge is 0.405 e. The number of pyridine rings is 1. The van der Waals surface area contributed by atoms with Crippen LogP contribution in [0, 0.1) is 0 Å². The zero-order valence-electron chi connectivity index (χ0n) is 14.3. The van der Waals surface area contributed by atoms with Gasteiger partial charge in [0.25, 0.3) is 5.65 Å². The summed E-state index contributed by atoms with van der Waals surface area (Å²) in [5, 5.41) is 3.26. The summed E-state index contributed by atoms with van der Waals surface area (Å²) in [7, 11) is 1.86. The molecule has 0 aromatic carbocycles. The maximum absolute atomic E-state index is 12.1. The van der Waals surface area contributed by atoms with Crippen molar-refractivity contribution in [3.8, 4) is 11.3 Å². The average molecular weight is 399 g/mol. The lowest BCUT2D eigenvalue weighted by molar-refractivity contribution is -0.646. The number of rotatable bonds is 5. The second-order valence-corrected chi connectivity index (χ2v) is 6.46. The highest BCUT2D eigenvalue weighted by Crippen LogP contribution is 2.27. The molecule has 10 heteroatoms. The summed E-state index contributed by atoms with van der Waals surface area (Å²) >= 11 is 6.12. The number of halogens is 4. The number of hydrogen-bond donors (Lipinski definition) is 2. The molecule has 0 spiro atoms. The van der Waals surface area contributed by atoms with E-state index in [2.05, 4.69) is 15.0 Å². The fraction of sp³-hybridized carbons (Fsp3) is 0.294. The minimum Gasteiger partial charge on any atom is -0.347 e. The number of alkyl halides is 3. The highest BCUT2D eigenvalue weighted by Gasteiger charge is 2.27. The van der Waals surface area contributed by atoms with Crippen molar-refractivity contribution < 1.29 is 22.5 Å². The quantitative estimate of drug-likeness (QED) is 0.649. The molecule has 3 heterocycles. The van der Waals surface area contributed by atoms with Crippen LogP contribution in [0.25, 0.3) is 22.3 Å². The summed E-state index contributed by atoms with van der Waals surface area (Å²) in [6, 6.07) is 1.81. The molecular weight excluding hydrogens is 383 g/mol. The van der Waals surface area contributed by atoms with Crippen LogP contribution >= 0.6 is 11.6 Å². The first-order chi connectivity index (χ1) is 12.7. The van der Waals surface area contributed by atoms with Gasteiger partial charge in [-0.25, -0.2) is 14.5 Å².